The van der Waals surface area contributed by atoms with E-state index in [1.807, 2.05) is 60.7 Å². The maximum absolute atomic E-state index is 6.59. The molecule has 48 heavy (non-hydrogen) atoms. The highest BCUT2D eigenvalue weighted by Crippen LogP contribution is 2.45. The molecular weight excluding hydrogens is 587 g/mol. The van der Waals surface area contributed by atoms with E-state index in [1.54, 1.807) is 0 Å². The lowest BCUT2D eigenvalue weighted by molar-refractivity contribution is 0.792. The average Bonchev–Trinajstić information content (AvgIpc) is 3.68. The minimum absolute atomic E-state index is 0.351. The van der Waals surface area contributed by atoms with E-state index in [1.165, 1.54) is 37.8 Å². The molecule has 0 amide bonds. The molecule has 2 N–H and O–H groups in total. The van der Waals surface area contributed by atoms with Gasteiger partial charge in [0.1, 0.15) is 12.5 Å². The lowest BCUT2D eigenvalue weighted by Gasteiger charge is -2.13. The minimum Gasteiger partial charge on any atom is -0.383 e. The fourth-order valence-corrected chi connectivity index (χ4v) is 7.17. The summed E-state index contributed by atoms with van der Waals surface area (Å²) in [5, 5.41) is 7.34. The fraction of sp³-hybridized carbons (Fsp3) is 0.0233. The number of benzene rings is 7. The Hall–Kier alpha value is -6.46. The Morgan fingerprint density at radius 1 is 0.479 bits per heavy atom. The lowest BCUT2D eigenvalue weighted by atomic mass is 9.98. The van der Waals surface area contributed by atoms with Crippen LogP contribution in [0, 0.1) is 0 Å². The van der Waals surface area contributed by atoms with Gasteiger partial charge in [0.25, 0.3) is 0 Å². The van der Waals surface area contributed by atoms with Crippen LogP contribution in [0.2, 0.25) is 0 Å². The van der Waals surface area contributed by atoms with Crippen LogP contribution in [0.25, 0.3) is 60.1 Å². The van der Waals surface area contributed by atoms with E-state index in [4.69, 9.17) is 15.7 Å². The van der Waals surface area contributed by atoms with Gasteiger partial charge in [0, 0.05) is 38.4 Å². The molecule has 9 aromatic rings. The van der Waals surface area contributed by atoms with Crippen LogP contribution in [0.1, 0.15) is 11.1 Å². The third kappa shape index (κ3) is 4.40. The Bertz CT molecular complexity index is 2680. The maximum Gasteiger partial charge on any atom is 0.158 e. The molecule has 9 rings (SSSR count). The Labute approximate surface area is 277 Å². The Kier molecular flexibility index (Phi) is 6.61. The van der Waals surface area contributed by atoms with Crippen molar-refractivity contribution in [1.82, 2.24) is 9.13 Å². The molecule has 2 heterocycles. The van der Waals surface area contributed by atoms with E-state index in [9.17, 15) is 0 Å². The zero-order valence-electron chi connectivity index (χ0n) is 26.2. The summed E-state index contributed by atoms with van der Waals surface area (Å²) in [6, 6.07) is 56.8. The molecule has 0 unspecified atom stereocenters. The first kappa shape index (κ1) is 27.8. The zero-order chi connectivity index (χ0) is 32.0. The lowest BCUT2D eigenvalue weighted by Crippen LogP contribution is -2.16. The molecule has 0 fully saturated rings. The number of nitrogens with zero attached hydrogens (tertiary/aromatic N) is 4. The van der Waals surface area contributed by atoms with Crippen molar-refractivity contribution in [3.05, 3.63) is 175 Å². The summed E-state index contributed by atoms with van der Waals surface area (Å²) in [5.41, 5.74) is 14.1. The molecule has 7 aromatic carbocycles. The summed E-state index contributed by atoms with van der Waals surface area (Å²) in [5.74, 6) is 1.02. The molecule has 0 aliphatic rings. The van der Waals surface area contributed by atoms with Crippen LogP contribution in [0.4, 0.5) is 0 Å². The number of nitrogens with two attached hydrogens (primary N) is 1. The largest absolute Gasteiger partial charge is 0.383 e. The number of aliphatic imine (C=N–C) groups is 2. The molecule has 0 saturated carbocycles. The van der Waals surface area contributed by atoms with E-state index in [0.29, 0.717) is 18.3 Å². The number of hydrogen-bond acceptors (Lipinski definition) is 1. The maximum atomic E-state index is 6.59. The number of amidine groups is 2. The number of rotatable bonds is 5. The van der Waals surface area contributed by atoms with Gasteiger partial charge in [0.15, 0.2) is 5.84 Å². The molecule has 0 aliphatic carbocycles. The highest BCUT2D eigenvalue weighted by Gasteiger charge is 2.23. The molecule has 0 atom stereocenters. The molecule has 5 nitrogen and oxygen atoms in total. The van der Waals surface area contributed by atoms with Crippen LogP contribution in [0.5, 0.6) is 0 Å². The van der Waals surface area contributed by atoms with Crippen molar-refractivity contribution in [1.29, 1.82) is 0 Å². The van der Waals surface area contributed by atoms with Crippen molar-refractivity contribution in [2.75, 3.05) is 0 Å². The van der Waals surface area contributed by atoms with Gasteiger partial charge in [-0.25, -0.2) is 9.98 Å². The predicted octanol–water partition coefficient (Wildman–Crippen LogP) is 9.85. The second kappa shape index (κ2) is 11.4. The first-order chi connectivity index (χ1) is 23.8. The van der Waals surface area contributed by atoms with Gasteiger partial charge in [0.05, 0.1) is 22.1 Å². The second-order valence-electron chi connectivity index (χ2n) is 12.0. The molecule has 0 aliphatic heterocycles. The molecule has 228 valence electrons. The summed E-state index contributed by atoms with van der Waals surface area (Å²) in [6.45, 7) is 0.351. The van der Waals surface area contributed by atoms with Crippen molar-refractivity contribution in [2.45, 2.75) is 6.67 Å². The molecule has 0 spiro atoms. The van der Waals surface area contributed by atoms with Gasteiger partial charge >= 0.3 is 0 Å². The first-order valence-electron chi connectivity index (χ1n) is 16.2. The summed E-state index contributed by atoms with van der Waals surface area (Å²) >= 11 is 0. The highest BCUT2D eigenvalue weighted by atomic mass is 15.1. The van der Waals surface area contributed by atoms with Gasteiger partial charge in [-0.15, -0.1) is 0 Å². The van der Waals surface area contributed by atoms with Gasteiger partial charge in [-0.1, -0.05) is 140 Å². The van der Waals surface area contributed by atoms with Crippen LogP contribution in [0.15, 0.2) is 174 Å². The Balaban J connectivity index is 1.41. The van der Waals surface area contributed by atoms with Gasteiger partial charge in [-0.3, -0.25) is 0 Å². The molecule has 5 heteroatoms. The number of para-hydroxylation sites is 3. The molecular formula is C43H31N5. The average molecular weight is 618 g/mol. The van der Waals surface area contributed by atoms with Crippen LogP contribution in [-0.4, -0.2) is 20.8 Å². The van der Waals surface area contributed by atoms with Gasteiger partial charge in [-0.05, 0) is 35.0 Å². The summed E-state index contributed by atoms with van der Waals surface area (Å²) in [4.78, 5) is 10.2. The van der Waals surface area contributed by atoms with Gasteiger partial charge in [-0.2, -0.15) is 0 Å². The Morgan fingerprint density at radius 3 is 1.60 bits per heavy atom. The quantitative estimate of drug-likeness (QED) is 0.152. The Morgan fingerprint density at radius 2 is 0.958 bits per heavy atom. The minimum atomic E-state index is 0.351. The molecule has 0 saturated heterocycles. The standard InChI is InChI=1S/C43H31N5/c44-42(29-16-4-1-5-17-29)46-43(30-18-6-2-7-19-30)45-28-47-36-26-14-12-24-34(36)38-32-22-10-11-23-33(32)39-35-25-13-15-27-37(35)48(41(39)40(38)47)31-20-8-3-9-21-31/h1-27H,28H2,(H2,44,45,46). The van der Waals surface area contributed by atoms with Gasteiger partial charge < -0.3 is 14.9 Å². The topological polar surface area (TPSA) is 60.6 Å². The monoisotopic (exact) mass is 617 g/mol. The number of hydrogen-bond donors (Lipinski definition) is 1. The third-order valence-corrected chi connectivity index (χ3v) is 9.24. The SMILES string of the molecule is NC(=NC(=NCn1c2ccccc2c2c3ccccc3c3c4ccccc4n(-c4ccccc4)c3c21)c1ccccc1)c1ccccc1. The van der Waals surface area contributed by atoms with Crippen LogP contribution >= 0.6 is 0 Å². The first-order valence-corrected chi connectivity index (χ1v) is 16.2. The summed E-state index contributed by atoms with van der Waals surface area (Å²) in [7, 11) is 0. The molecule has 2 aromatic heterocycles. The van der Waals surface area contributed by atoms with E-state index in [0.717, 1.165) is 33.4 Å². The highest BCUT2D eigenvalue weighted by molar-refractivity contribution is 6.36. The summed E-state index contributed by atoms with van der Waals surface area (Å²) < 4.78 is 4.77. The van der Waals surface area contributed by atoms with Crippen molar-refractivity contribution >= 4 is 66.1 Å². The van der Waals surface area contributed by atoms with E-state index in [2.05, 4.69) is 112 Å². The summed E-state index contributed by atoms with van der Waals surface area (Å²) in [6.07, 6.45) is 0. The van der Waals surface area contributed by atoms with Gasteiger partial charge in [0.2, 0.25) is 0 Å². The smallest absolute Gasteiger partial charge is 0.158 e. The van der Waals surface area contributed by atoms with Crippen molar-refractivity contribution in [3.8, 4) is 5.69 Å². The predicted molar refractivity (Wildman–Crippen MR) is 201 cm³/mol. The van der Waals surface area contributed by atoms with E-state index < -0.39 is 0 Å². The fourth-order valence-electron chi connectivity index (χ4n) is 7.17. The van der Waals surface area contributed by atoms with Crippen LogP contribution in [0.3, 0.4) is 0 Å². The third-order valence-electron chi connectivity index (χ3n) is 9.24. The van der Waals surface area contributed by atoms with Crippen molar-refractivity contribution in [3.63, 3.8) is 0 Å². The molecule has 0 radical (unpaired) electrons. The second-order valence-corrected chi connectivity index (χ2v) is 12.0. The van der Waals surface area contributed by atoms with E-state index in [-0.39, 0.29) is 0 Å². The van der Waals surface area contributed by atoms with Crippen LogP contribution in [-0.2, 0) is 6.67 Å². The number of aromatic nitrogens is 2. The molecule has 0 bridgehead atoms. The number of fused-ring (bicyclic) bond motifs is 10. The van der Waals surface area contributed by atoms with Crippen molar-refractivity contribution in [2.24, 2.45) is 15.7 Å². The van der Waals surface area contributed by atoms with E-state index >= 15 is 0 Å². The van der Waals surface area contributed by atoms with Crippen LogP contribution < -0.4 is 5.73 Å². The van der Waals surface area contributed by atoms with Crippen molar-refractivity contribution < 1.29 is 0 Å². The zero-order valence-corrected chi connectivity index (χ0v) is 26.2. The normalized spacial score (nSPS) is 12.6.